The third-order valence-corrected chi connectivity index (χ3v) is 12.2. The number of hydrogen-bond acceptors (Lipinski definition) is 15. The minimum absolute atomic E-state index is 0.00800. The van der Waals surface area contributed by atoms with Gasteiger partial charge in [-0.05, 0) is 12.8 Å². The van der Waals surface area contributed by atoms with Crippen LogP contribution in [0.15, 0.2) is 0 Å². The zero-order valence-electron chi connectivity index (χ0n) is 41.8. The van der Waals surface area contributed by atoms with Crippen molar-refractivity contribution in [2.24, 2.45) is 0 Å². The van der Waals surface area contributed by atoms with Crippen molar-refractivity contribution in [1.82, 2.24) is 10.4 Å². The van der Waals surface area contributed by atoms with Gasteiger partial charge in [-0.25, -0.2) is 9.36 Å². The first-order chi connectivity index (χ1) is 33.0. The van der Waals surface area contributed by atoms with Gasteiger partial charge in [0.2, 0.25) is 5.91 Å². The zero-order valence-corrected chi connectivity index (χ0v) is 42.7. The summed E-state index contributed by atoms with van der Waals surface area (Å²) < 4.78 is 49.3. The molecule has 1 heterocycles. The number of esters is 2. The van der Waals surface area contributed by atoms with Crippen LogP contribution in [0.25, 0.3) is 0 Å². The van der Waals surface area contributed by atoms with E-state index in [1.165, 1.54) is 116 Å². The van der Waals surface area contributed by atoms with Gasteiger partial charge in [0.1, 0.15) is 19.8 Å². The first-order valence-corrected chi connectivity index (χ1v) is 27.5. The fourth-order valence-electron chi connectivity index (χ4n) is 7.25. The molecule has 3 amide bonds. The zero-order chi connectivity index (χ0) is 49.8. The molecule has 1 aliphatic heterocycles. The second-order valence-corrected chi connectivity index (χ2v) is 18.9. The summed E-state index contributed by atoms with van der Waals surface area (Å²) in [5, 5.41) is 2.92. The summed E-state index contributed by atoms with van der Waals surface area (Å²) in [7, 11) is -4.65. The first kappa shape index (κ1) is 63.0. The topological polar surface area (TPSA) is 229 Å². The third-order valence-electron chi connectivity index (χ3n) is 11.2. The Morgan fingerprint density at radius 1 is 0.544 bits per heavy atom. The fourth-order valence-corrected chi connectivity index (χ4v) is 8.01. The van der Waals surface area contributed by atoms with Crippen molar-refractivity contribution in [2.75, 3.05) is 66.0 Å². The Hall–Kier alpha value is -2.99. The molecule has 18 nitrogen and oxygen atoms in total. The van der Waals surface area contributed by atoms with Crippen molar-refractivity contribution in [3.8, 4) is 0 Å². The van der Waals surface area contributed by atoms with Crippen LogP contribution >= 0.6 is 7.82 Å². The lowest BCUT2D eigenvalue weighted by Gasteiger charge is -2.20. The number of amides is 3. The number of nitrogens with zero attached hydrogens (tertiary/aromatic N) is 1. The van der Waals surface area contributed by atoms with Crippen LogP contribution in [0, 0.1) is 0 Å². The van der Waals surface area contributed by atoms with Gasteiger partial charge in [0.25, 0.3) is 11.8 Å². The molecule has 0 aromatic heterocycles. The van der Waals surface area contributed by atoms with Crippen molar-refractivity contribution < 1.29 is 75.8 Å². The molecule has 0 spiro atoms. The van der Waals surface area contributed by atoms with Crippen molar-refractivity contribution in [3.63, 3.8) is 0 Å². The minimum atomic E-state index is -4.65. The number of nitrogens with one attached hydrogen (secondary N) is 1. The normalized spacial score (nSPS) is 14.0. The second-order valence-electron chi connectivity index (χ2n) is 17.5. The minimum Gasteiger partial charge on any atom is -0.462 e. The molecule has 0 bridgehead atoms. The van der Waals surface area contributed by atoms with E-state index in [1.807, 2.05) is 0 Å². The molecule has 0 aromatic carbocycles. The molecule has 2 N–H and O–H groups in total. The van der Waals surface area contributed by atoms with Gasteiger partial charge in [0.15, 0.2) is 6.10 Å². The molecule has 1 saturated heterocycles. The smallest absolute Gasteiger partial charge is 0.462 e. The number of phosphoric acid groups is 1. The number of carbonyl (C=O) groups excluding carboxylic acids is 6. The van der Waals surface area contributed by atoms with Gasteiger partial charge in [-0.3, -0.25) is 33.0 Å². The van der Waals surface area contributed by atoms with E-state index in [0.29, 0.717) is 17.9 Å². The molecule has 1 rings (SSSR count). The average Bonchev–Trinajstić information content (AvgIpc) is 3.63. The van der Waals surface area contributed by atoms with E-state index < -0.39 is 62.8 Å². The number of hydrogen-bond donors (Lipinski definition) is 2. The van der Waals surface area contributed by atoms with Crippen LogP contribution < -0.4 is 5.32 Å². The van der Waals surface area contributed by atoms with E-state index in [1.54, 1.807) is 0 Å². The lowest BCUT2D eigenvalue weighted by molar-refractivity contribution is -0.200. The second kappa shape index (κ2) is 44.0. The van der Waals surface area contributed by atoms with Crippen molar-refractivity contribution >= 4 is 43.5 Å². The standard InChI is InChI=1S/C49H89N2O16P/c1-3-5-7-9-11-13-15-17-19-21-23-25-27-29-47(55)63-39-43(66-48(56)30-28-26-24-22-20-18-16-14-12-10-8-6-4-2)40-65-68(58,59)64-34-33-50-44(52)41-61-37-35-60-36-38-62-42-49(57)67-51-45(53)31-32-46(51)54/h43H,3-42H2,1-2H3,(H,50,52)(H,58,59). The highest BCUT2D eigenvalue weighted by molar-refractivity contribution is 7.47. The van der Waals surface area contributed by atoms with Gasteiger partial charge in [0.05, 0.1) is 39.6 Å². The van der Waals surface area contributed by atoms with Crippen molar-refractivity contribution in [1.29, 1.82) is 0 Å². The first-order valence-electron chi connectivity index (χ1n) is 26.0. The molecule has 1 aliphatic rings. The largest absolute Gasteiger partial charge is 0.472 e. The van der Waals surface area contributed by atoms with E-state index in [4.69, 9.17) is 32.7 Å². The number of imide groups is 1. The number of rotatable bonds is 49. The van der Waals surface area contributed by atoms with Gasteiger partial charge < -0.3 is 38.7 Å². The Morgan fingerprint density at radius 3 is 1.46 bits per heavy atom. The Kier molecular flexibility index (Phi) is 40.8. The van der Waals surface area contributed by atoms with E-state index in [9.17, 15) is 38.2 Å². The Bertz CT molecular complexity index is 1370. The summed E-state index contributed by atoms with van der Waals surface area (Å²) in [6, 6.07) is 0. The van der Waals surface area contributed by atoms with Gasteiger partial charge in [-0.1, -0.05) is 168 Å². The Labute approximate surface area is 407 Å². The van der Waals surface area contributed by atoms with Crippen LogP contribution in [0.4, 0.5) is 0 Å². The maximum absolute atomic E-state index is 12.8. The van der Waals surface area contributed by atoms with Gasteiger partial charge in [-0.15, -0.1) is 5.06 Å². The van der Waals surface area contributed by atoms with Crippen molar-refractivity contribution in [2.45, 2.75) is 213 Å². The van der Waals surface area contributed by atoms with Gasteiger partial charge in [0, 0.05) is 32.2 Å². The predicted molar refractivity (Wildman–Crippen MR) is 256 cm³/mol. The maximum Gasteiger partial charge on any atom is 0.472 e. The molecular formula is C49H89N2O16P. The average molecular weight is 993 g/mol. The summed E-state index contributed by atoms with van der Waals surface area (Å²) in [5.41, 5.74) is 0. The molecule has 0 aromatic rings. The quantitative estimate of drug-likeness (QED) is 0.0250. The molecule has 68 heavy (non-hydrogen) atoms. The SMILES string of the molecule is CCCCCCCCCCCCCCCC(=O)OCC(COP(=O)(O)OCCNC(=O)COCCOCCOCC(=O)ON1C(=O)CCC1=O)OC(=O)CCCCCCCCCCCCCCC. The monoisotopic (exact) mass is 993 g/mol. The molecule has 0 aliphatic carbocycles. The van der Waals surface area contributed by atoms with E-state index in [2.05, 4.69) is 24.0 Å². The van der Waals surface area contributed by atoms with E-state index in [-0.39, 0.29) is 78.5 Å². The van der Waals surface area contributed by atoms with Crippen molar-refractivity contribution in [3.05, 3.63) is 0 Å². The summed E-state index contributed by atoms with van der Waals surface area (Å²) in [5.74, 6) is -3.54. The Morgan fingerprint density at radius 2 is 0.971 bits per heavy atom. The van der Waals surface area contributed by atoms with Crippen LogP contribution in [0.1, 0.15) is 206 Å². The summed E-state index contributed by atoms with van der Waals surface area (Å²) in [4.78, 5) is 87.1. The molecular weight excluding hydrogens is 904 g/mol. The van der Waals surface area contributed by atoms with Gasteiger partial charge >= 0.3 is 25.7 Å². The third kappa shape index (κ3) is 38.8. The molecule has 2 unspecified atom stereocenters. The molecule has 1 fully saturated rings. The summed E-state index contributed by atoms with van der Waals surface area (Å²) in [6.07, 6.45) is 29.9. The maximum atomic E-state index is 12.8. The van der Waals surface area contributed by atoms with Crippen LogP contribution in [0.2, 0.25) is 0 Å². The number of ether oxygens (including phenoxy) is 5. The summed E-state index contributed by atoms with van der Waals surface area (Å²) >= 11 is 0. The number of unbranched alkanes of at least 4 members (excludes halogenated alkanes) is 24. The van der Waals surface area contributed by atoms with Crippen LogP contribution in [0.3, 0.4) is 0 Å². The Balaban J connectivity index is 2.32. The lowest BCUT2D eigenvalue weighted by Crippen LogP contribution is -2.33. The lowest BCUT2D eigenvalue weighted by atomic mass is 10.0. The number of hydroxylamine groups is 2. The van der Waals surface area contributed by atoms with Crippen LogP contribution in [-0.2, 0) is 70.9 Å². The highest BCUT2D eigenvalue weighted by atomic mass is 31.2. The summed E-state index contributed by atoms with van der Waals surface area (Å²) in [6.45, 7) is 2.55. The molecule has 0 saturated carbocycles. The highest BCUT2D eigenvalue weighted by Gasteiger charge is 2.33. The van der Waals surface area contributed by atoms with E-state index in [0.717, 1.165) is 38.5 Å². The van der Waals surface area contributed by atoms with Crippen LogP contribution in [-0.4, -0.2) is 118 Å². The van der Waals surface area contributed by atoms with Crippen LogP contribution in [0.5, 0.6) is 0 Å². The highest BCUT2D eigenvalue weighted by Crippen LogP contribution is 2.43. The molecule has 396 valence electrons. The molecule has 19 heteroatoms. The predicted octanol–water partition coefficient (Wildman–Crippen LogP) is 9.31. The fraction of sp³-hybridized carbons (Fsp3) is 0.878. The van der Waals surface area contributed by atoms with Gasteiger partial charge in [-0.2, -0.15) is 0 Å². The van der Waals surface area contributed by atoms with E-state index >= 15 is 0 Å². The molecule has 0 radical (unpaired) electrons. The molecule has 2 atom stereocenters. The number of phosphoric ester groups is 1. The number of carbonyl (C=O) groups is 6.